The number of nitrogens with one attached hydrogen (secondary N) is 1. The van der Waals surface area contributed by atoms with Crippen LogP contribution in [0, 0.1) is 5.92 Å². The average Bonchev–Trinajstić information content (AvgIpc) is 2.38. The van der Waals surface area contributed by atoms with E-state index in [0.29, 0.717) is 6.04 Å². The number of halogens is 1. The SMILES string of the molecule is C[C@H](NCC1CCCCC1)c1ccc(Br)cc1. The predicted molar refractivity (Wildman–Crippen MR) is 77.1 cm³/mol. The maximum absolute atomic E-state index is 3.67. The molecule has 2 rings (SSSR count). The van der Waals surface area contributed by atoms with Gasteiger partial charge in [-0.1, -0.05) is 47.3 Å². The fourth-order valence-electron chi connectivity index (χ4n) is 2.60. The van der Waals surface area contributed by atoms with Gasteiger partial charge >= 0.3 is 0 Å². The van der Waals surface area contributed by atoms with E-state index >= 15 is 0 Å². The number of hydrogen-bond donors (Lipinski definition) is 1. The highest BCUT2D eigenvalue weighted by Crippen LogP contribution is 2.24. The Morgan fingerprint density at radius 2 is 1.82 bits per heavy atom. The first-order valence-electron chi connectivity index (χ1n) is 6.74. The molecule has 0 unspecified atom stereocenters. The summed E-state index contributed by atoms with van der Waals surface area (Å²) in [5, 5.41) is 3.67. The Morgan fingerprint density at radius 1 is 1.18 bits per heavy atom. The quantitative estimate of drug-likeness (QED) is 0.850. The molecule has 1 N–H and O–H groups in total. The molecule has 0 bridgehead atoms. The van der Waals surface area contributed by atoms with Crippen LogP contribution < -0.4 is 5.32 Å². The Hall–Kier alpha value is -0.340. The minimum atomic E-state index is 0.463. The summed E-state index contributed by atoms with van der Waals surface area (Å²) in [7, 11) is 0. The van der Waals surface area contributed by atoms with Crippen molar-refractivity contribution in [3.8, 4) is 0 Å². The molecule has 1 aromatic rings. The van der Waals surface area contributed by atoms with Gasteiger partial charge < -0.3 is 5.32 Å². The molecular weight excluding hydrogens is 274 g/mol. The van der Waals surface area contributed by atoms with Gasteiger partial charge in [0.2, 0.25) is 0 Å². The fraction of sp³-hybridized carbons (Fsp3) is 0.600. The number of hydrogen-bond acceptors (Lipinski definition) is 1. The van der Waals surface area contributed by atoms with Crippen LogP contribution in [-0.2, 0) is 0 Å². The molecule has 0 aliphatic heterocycles. The van der Waals surface area contributed by atoms with Crippen LogP contribution in [0.5, 0.6) is 0 Å². The molecule has 0 heterocycles. The topological polar surface area (TPSA) is 12.0 Å². The molecular formula is C15H22BrN. The molecule has 0 aromatic heterocycles. The van der Waals surface area contributed by atoms with E-state index in [0.717, 1.165) is 10.4 Å². The third kappa shape index (κ3) is 4.11. The van der Waals surface area contributed by atoms with E-state index in [1.807, 2.05) is 0 Å². The van der Waals surface area contributed by atoms with E-state index in [4.69, 9.17) is 0 Å². The Labute approximate surface area is 113 Å². The summed E-state index contributed by atoms with van der Waals surface area (Å²) in [5.41, 5.74) is 1.38. The van der Waals surface area contributed by atoms with Gasteiger partial charge in [-0.25, -0.2) is 0 Å². The van der Waals surface area contributed by atoms with Gasteiger partial charge in [-0.15, -0.1) is 0 Å². The van der Waals surface area contributed by atoms with Crippen molar-refractivity contribution in [3.63, 3.8) is 0 Å². The van der Waals surface area contributed by atoms with Gasteiger partial charge in [-0.05, 0) is 49.9 Å². The highest BCUT2D eigenvalue weighted by atomic mass is 79.9. The smallest absolute Gasteiger partial charge is 0.0291 e. The molecule has 0 amide bonds. The monoisotopic (exact) mass is 295 g/mol. The molecule has 94 valence electrons. The van der Waals surface area contributed by atoms with Crippen LogP contribution in [0.2, 0.25) is 0 Å². The lowest BCUT2D eigenvalue weighted by molar-refractivity contribution is 0.331. The zero-order valence-electron chi connectivity index (χ0n) is 10.6. The van der Waals surface area contributed by atoms with E-state index in [-0.39, 0.29) is 0 Å². The van der Waals surface area contributed by atoms with Crippen LogP contribution in [0.4, 0.5) is 0 Å². The van der Waals surface area contributed by atoms with E-state index in [1.54, 1.807) is 0 Å². The molecule has 1 saturated carbocycles. The van der Waals surface area contributed by atoms with Gasteiger partial charge in [-0.2, -0.15) is 0 Å². The molecule has 1 aromatic carbocycles. The van der Waals surface area contributed by atoms with Gasteiger partial charge in [0.1, 0.15) is 0 Å². The Morgan fingerprint density at radius 3 is 2.47 bits per heavy atom. The normalized spacial score (nSPS) is 19.2. The summed E-state index contributed by atoms with van der Waals surface area (Å²) in [5.74, 6) is 0.904. The lowest BCUT2D eigenvalue weighted by atomic mass is 9.89. The van der Waals surface area contributed by atoms with Crippen molar-refractivity contribution in [2.45, 2.75) is 45.1 Å². The van der Waals surface area contributed by atoms with E-state index in [9.17, 15) is 0 Å². The highest BCUT2D eigenvalue weighted by molar-refractivity contribution is 9.10. The van der Waals surface area contributed by atoms with Gasteiger partial charge in [0.25, 0.3) is 0 Å². The third-order valence-corrected chi connectivity index (χ3v) is 4.34. The molecule has 2 heteroatoms. The molecule has 1 nitrogen and oxygen atoms in total. The molecule has 1 atom stereocenters. The molecule has 0 spiro atoms. The molecule has 1 fully saturated rings. The van der Waals surface area contributed by atoms with Crippen molar-refractivity contribution in [3.05, 3.63) is 34.3 Å². The first-order valence-corrected chi connectivity index (χ1v) is 7.54. The summed E-state index contributed by atoms with van der Waals surface area (Å²) in [6.07, 6.45) is 7.14. The molecule has 17 heavy (non-hydrogen) atoms. The van der Waals surface area contributed by atoms with Crippen LogP contribution >= 0.6 is 15.9 Å². The fourth-order valence-corrected chi connectivity index (χ4v) is 2.87. The molecule has 0 radical (unpaired) electrons. The minimum Gasteiger partial charge on any atom is -0.310 e. The van der Waals surface area contributed by atoms with Crippen molar-refractivity contribution in [1.29, 1.82) is 0 Å². The highest BCUT2D eigenvalue weighted by Gasteiger charge is 2.14. The second kappa shape index (κ2) is 6.55. The van der Waals surface area contributed by atoms with Crippen LogP contribution in [-0.4, -0.2) is 6.54 Å². The van der Waals surface area contributed by atoms with Crippen LogP contribution in [0.1, 0.15) is 50.6 Å². The van der Waals surface area contributed by atoms with Crippen LogP contribution in [0.3, 0.4) is 0 Å². The van der Waals surface area contributed by atoms with Crippen molar-refractivity contribution in [2.75, 3.05) is 6.54 Å². The first-order chi connectivity index (χ1) is 8.25. The van der Waals surface area contributed by atoms with Crippen molar-refractivity contribution in [2.24, 2.45) is 5.92 Å². The lowest BCUT2D eigenvalue weighted by Crippen LogP contribution is -2.27. The zero-order valence-corrected chi connectivity index (χ0v) is 12.2. The van der Waals surface area contributed by atoms with Crippen LogP contribution in [0.15, 0.2) is 28.7 Å². The average molecular weight is 296 g/mol. The van der Waals surface area contributed by atoms with Crippen LogP contribution in [0.25, 0.3) is 0 Å². The van der Waals surface area contributed by atoms with Gasteiger partial charge in [0.15, 0.2) is 0 Å². The van der Waals surface area contributed by atoms with Gasteiger partial charge in [0, 0.05) is 10.5 Å². The third-order valence-electron chi connectivity index (χ3n) is 3.81. The van der Waals surface area contributed by atoms with Crippen molar-refractivity contribution >= 4 is 15.9 Å². The molecule has 1 aliphatic rings. The number of benzene rings is 1. The van der Waals surface area contributed by atoms with E-state index in [2.05, 4.69) is 52.4 Å². The summed E-state index contributed by atoms with van der Waals surface area (Å²) in [6.45, 7) is 3.43. The van der Waals surface area contributed by atoms with Crippen molar-refractivity contribution < 1.29 is 0 Å². The Bertz CT molecular complexity index is 327. The summed E-state index contributed by atoms with van der Waals surface area (Å²) in [6, 6.07) is 9.10. The Kier molecular flexibility index (Phi) is 5.05. The predicted octanol–water partition coefficient (Wildman–Crippen LogP) is 4.68. The second-order valence-electron chi connectivity index (χ2n) is 5.19. The van der Waals surface area contributed by atoms with Gasteiger partial charge in [-0.3, -0.25) is 0 Å². The van der Waals surface area contributed by atoms with Gasteiger partial charge in [0.05, 0.1) is 0 Å². The molecule has 0 saturated heterocycles. The maximum Gasteiger partial charge on any atom is 0.0291 e. The van der Waals surface area contributed by atoms with E-state index < -0.39 is 0 Å². The lowest BCUT2D eigenvalue weighted by Gasteiger charge is -2.24. The van der Waals surface area contributed by atoms with Crippen molar-refractivity contribution in [1.82, 2.24) is 5.32 Å². The standard InChI is InChI=1S/C15H22BrN/c1-12(14-7-9-15(16)10-8-14)17-11-13-5-3-2-4-6-13/h7-10,12-13,17H,2-6,11H2,1H3/t12-/m0/s1. The zero-order chi connectivity index (χ0) is 12.1. The first kappa shape index (κ1) is 13.1. The molecule has 1 aliphatic carbocycles. The largest absolute Gasteiger partial charge is 0.310 e. The summed E-state index contributed by atoms with van der Waals surface area (Å²) >= 11 is 3.48. The Balaban J connectivity index is 1.80. The second-order valence-corrected chi connectivity index (χ2v) is 6.10. The summed E-state index contributed by atoms with van der Waals surface area (Å²) in [4.78, 5) is 0. The maximum atomic E-state index is 3.67. The summed E-state index contributed by atoms with van der Waals surface area (Å²) < 4.78 is 1.15. The number of rotatable bonds is 4. The van der Waals surface area contributed by atoms with E-state index in [1.165, 1.54) is 44.2 Å². The minimum absolute atomic E-state index is 0.463.